The van der Waals surface area contributed by atoms with Gasteiger partial charge in [-0.1, -0.05) is 12.1 Å². The first-order valence-electron chi connectivity index (χ1n) is 6.64. The minimum atomic E-state index is -0.0458. The van der Waals surface area contributed by atoms with Gasteiger partial charge in [0.2, 0.25) is 5.91 Å². The summed E-state index contributed by atoms with van der Waals surface area (Å²) in [6.45, 7) is 0. The highest BCUT2D eigenvalue weighted by Crippen LogP contribution is 2.13. The molecular weight excluding hydrogens is 264 g/mol. The molecule has 0 atom stereocenters. The van der Waals surface area contributed by atoms with Crippen LogP contribution in [0.15, 0.2) is 48.5 Å². The standard InChI is InChI=1S/C17H16N2O2/c1-21-16-9-4-13(5-10-16)6-11-17(20)19-15-7-2-14(12-18)3-8-15/h2-5,7-10H,6,11H2,1H3,(H,19,20). The maximum Gasteiger partial charge on any atom is 0.224 e. The lowest BCUT2D eigenvalue weighted by Crippen LogP contribution is -2.12. The van der Waals surface area contributed by atoms with Crippen LogP contribution in [0.1, 0.15) is 17.5 Å². The third-order valence-corrected chi connectivity index (χ3v) is 3.10. The third-order valence-electron chi connectivity index (χ3n) is 3.10. The fraction of sp³-hybridized carbons (Fsp3) is 0.176. The van der Waals surface area contributed by atoms with Gasteiger partial charge in [-0.15, -0.1) is 0 Å². The Hall–Kier alpha value is -2.80. The van der Waals surface area contributed by atoms with Crippen LogP contribution in [-0.2, 0) is 11.2 Å². The Kier molecular flexibility index (Phi) is 4.94. The zero-order valence-corrected chi connectivity index (χ0v) is 11.8. The summed E-state index contributed by atoms with van der Waals surface area (Å²) in [4.78, 5) is 11.9. The van der Waals surface area contributed by atoms with Crippen LogP contribution < -0.4 is 10.1 Å². The summed E-state index contributed by atoms with van der Waals surface area (Å²) < 4.78 is 5.09. The van der Waals surface area contributed by atoms with E-state index in [2.05, 4.69) is 5.32 Å². The number of carbonyl (C=O) groups is 1. The second-order valence-corrected chi connectivity index (χ2v) is 4.59. The van der Waals surface area contributed by atoms with Crippen LogP contribution in [0.25, 0.3) is 0 Å². The van der Waals surface area contributed by atoms with Crippen molar-refractivity contribution in [3.8, 4) is 11.8 Å². The molecule has 4 nitrogen and oxygen atoms in total. The van der Waals surface area contributed by atoms with Crippen molar-refractivity contribution in [2.24, 2.45) is 0 Å². The lowest BCUT2D eigenvalue weighted by Gasteiger charge is -2.06. The van der Waals surface area contributed by atoms with Crippen LogP contribution in [0, 0.1) is 11.3 Å². The Labute approximate surface area is 124 Å². The van der Waals surface area contributed by atoms with Crippen molar-refractivity contribution in [1.82, 2.24) is 0 Å². The van der Waals surface area contributed by atoms with Crippen molar-refractivity contribution < 1.29 is 9.53 Å². The van der Waals surface area contributed by atoms with Crippen LogP contribution in [0.5, 0.6) is 5.75 Å². The molecule has 2 rings (SSSR count). The van der Waals surface area contributed by atoms with E-state index in [1.165, 1.54) is 0 Å². The Bertz CT molecular complexity index is 640. The number of amides is 1. The normalized spacial score (nSPS) is 9.71. The maximum absolute atomic E-state index is 11.9. The molecule has 0 fully saturated rings. The molecule has 0 aliphatic rings. The number of aryl methyl sites for hydroxylation is 1. The molecule has 0 saturated carbocycles. The third kappa shape index (κ3) is 4.36. The smallest absolute Gasteiger partial charge is 0.224 e. The number of rotatable bonds is 5. The van der Waals surface area contributed by atoms with Crippen molar-refractivity contribution in [3.05, 3.63) is 59.7 Å². The molecule has 0 aromatic heterocycles. The van der Waals surface area contributed by atoms with E-state index in [9.17, 15) is 4.79 Å². The average molecular weight is 280 g/mol. The first kappa shape index (κ1) is 14.6. The van der Waals surface area contributed by atoms with E-state index in [0.29, 0.717) is 24.1 Å². The molecule has 2 aromatic rings. The van der Waals surface area contributed by atoms with Crippen molar-refractivity contribution in [2.75, 3.05) is 12.4 Å². The Morgan fingerprint density at radius 3 is 2.38 bits per heavy atom. The van der Waals surface area contributed by atoms with E-state index in [-0.39, 0.29) is 5.91 Å². The van der Waals surface area contributed by atoms with Crippen LogP contribution >= 0.6 is 0 Å². The molecule has 0 unspecified atom stereocenters. The lowest BCUT2D eigenvalue weighted by atomic mass is 10.1. The number of benzene rings is 2. The quantitative estimate of drug-likeness (QED) is 0.915. The fourth-order valence-electron chi connectivity index (χ4n) is 1.90. The number of hydrogen-bond acceptors (Lipinski definition) is 3. The molecule has 106 valence electrons. The minimum absolute atomic E-state index is 0.0458. The Morgan fingerprint density at radius 2 is 1.81 bits per heavy atom. The molecule has 0 spiro atoms. The molecular formula is C17H16N2O2. The van der Waals surface area contributed by atoms with Gasteiger partial charge in [0.25, 0.3) is 0 Å². The second kappa shape index (κ2) is 7.11. The van der Waals surface area contributed by atoms with Crippen molar-refractivity contribution in [3.63, 3.8) is 0 Å². The summed E-state index contributed by atoms with van der Waals surface area (Å²) >= 11 is 0. The van der Waals surface area contributed by atoms with Gasteiger partial charge in [-0.2, -0.15) is 5.26 Å². The highest BCUT2D eigenvalue weighted by atomic mass is 16.5. The molecule has 0 bridgehead atoms. The molecule has 0 heterocycles. The van der Waals surface area contributed by atoms with Crippen molar-refractivity contribution in [1.29, 1.82) is 5.26 Å². The van der Waals surface area contributed by atoms with Gasteiger partial charge in [0.15, 0.2) is 0 Å². The van der Waals surface area contributed by atoms with Crippen LogP contribution in [0.3, 0.4) is 0 Å². The largest absolute Gasteiger partial charge is 0.497 e. The number of anilines is 1. The van der Waals surface area contributed by atoms with Gasteiger partial charge < -0.3 is 10.1 Å². The van der Waals surface area contributed by atoms with Crippen molar-refractivity contribution >= 4 is 11.6 Å². The molecule has 1 N–H and O–H groups in total. The predicted octanol–water partition coefficient (Wildman–Crippen LogP) is 3.14. The molecule has 0 saturated heterocycles. The second-order valence-electron chi connectivity index (χ2n) is 4.59. The van der Waals surface area contributed by atoms with Gasteiger partial charge in [0.1, 0.15) is 5.75 Å². The first-order valence-corrected chi connectivity index (χ1v) is 6.64. The van der Waals surface area contributed by atoms with Crippen LogP contribution in [-0.4, -0.2) is 13.0 Å². The summed E-state index contributed by atoms with van der Waals surface area (Å²) in [5.74, 6) is 0.760. The summed E-state index contributed by atoms with van der Waals surface area (Å²) in [7, 11) is 1.63. The van der Waals surface area contributed by atoms with Gasteiger partial charge in [0.05, 0.1) is 18.7 Å². The SMILES string of the molecule is COc1ccc(CCC(=O)Nc2ccc(C#N)cc2)cc1. The molecule has 2 aromatic carbocycles. The van der Waals surface area contributed by atoms with Gasteiger partial charge in [0, 0.05) is 12.1 Å². The van der Waals surface area contributed by atoms with Gasteiger partial charge in [-0.3, -0.25) is 4.79 Å². The van der Waals surface area contributed by atoms with Gasteiger partial charge >= 0.3 is 0 Å². The van der Waals surface area contributed by atoms with E-state index in [4.69, 9.17) is 10.00 Å². The monoisotopic (exact) mass is 280 g/mol. The minimum Gasteiger partial charge on any atom is -0.497 e. The van der Waals surface area contributed by atoms with E-state index in [1.807, 2.05) is 30.3 Å². The van der Waals surface area contributed by atoms with E-state index in [0.717, 1.165) is 11.3 Å². The Morgan fingerprint density at radius 1 is 1.14 bits per heavy atom. The summed E-state index contributed by atoms with van der Waals surface area (Å²) in [5, 5.41) is 11.5. The number of hydrogen-bond donors (Lipinski definition) is 1. The summed E-state index contributed by atoms with van der Waals surface area (Å²) in [5.41, 5.74) is 2.37. The molecule has 0 aliphatic heterocycles. The zero-order chi connectivity index (χ0) is 15.1. The van der Waals surface area contributed by atoms with E-state index < -0.39 is 0 Å². The number of nitrogens with zero attached hydrogens (tertiary/aromatic N) is 1. The van der Waals surface area contributed by atoms with Gasteiger partial charge in [-0.25, -0.2) is 0 Å². The number of methoxy groups -OCH3 is 1. The van der Waals surface area contributed by atoms with E-state index >= 15 is 0 Å². The topological polar surface area (TPSA) is 62.1 Å². The first-order chi connectivity index (χ1) is 10.2. The number of nitrogens with one attached hydrogen (secondary N) is 1. The fourth-order valence-corrected chi connectivity index (χ4v) is 1.90. The zero-order valence-electron chi connectivity index (χ0n) is 11.8. The van der Waals surface area contributed by atoms with Crippen LogP contribution in [0.2, 0.25) is 0 Å². The van der Waals surface area contributed by atoms with Crippen LogP contribution in [0.4, 0.5) is 5.69 Å². The lowest BCUT2D eigenvalue weighted by molar-refractivity contribution is -0.116. The molecule has 0 aliphatic carbocycles. The molecule has 4 heteroatoms. The predicted molar refractivity (Wildman–Crippen MR) is 81.1 cm³/mol. The summed E-state index contributed by atoms with van der Waals surface area (Å²) in [6.07, 6.45) is 1.08. The summed E-state index contributed by atoms with van der Waals surface area (Å²) in [6, 6.07) is 16.5. The highest BCUT2D eigenvalue weighted by molar-refractivity contribution is 5.90. The molecule has 1 amide bonds. The Balaban J connectivity index is 1.85. The molecule has 0 radical (unpaired) electrons. The number of carbonyl (C=O) groups excluding carboxylic acids is 1. The maximum atomic E-state index is 11.9. The van der Waals surface area contributed by atoms with Gasteiger partial charge in [-0.05, 0) is 48.4 Å². The van der Waals surface area contributed by atoms with E-state index in [1.54, 1.807) is 31.4 Å². The molecule has 21 heavy (non-hydrogen) atoms. The highest BCUT2D eigenvalue weighted by Gasteiger charge is 2.03. The van der Waals surface area contributed by atoms with Crippen molar-refractivity contribution in [2.45, 2.75) is 12.8 Å². The number of ether oxygens (including phenoxy) is 1. The number of nitriles is 1. The average Bonchev–Trinajstić information content (AvgIpc) is 2.54.